The summed E-state index contributed by atoms with van der Waals surface area (Å²) in [6.07, 6.45) is 0. The van der Waals surface area contributed by atoms with E-state index in [-0.39, 0.29) is 0 Å². The summed E-state index contributed by atoms with van der Waals surface area (Å²) >= 11 is 6.49. The zero-order chi connectivity index (χ0) is 18.0. The van der Waals surface area contributed by atoms with Crippen molar-refractivity contribution >= 4 is 11.6 Å². The molecular formula is C25H15ClO. The molecule has 27 heavy (non-hydrogen) atoms. The first-order valence-corrected chi connectivity index (χ1v) is 9.45. The minimum Gasteiger partial charge on any atom is -0.457 e. The molecule has 1 aliphatic heterocycles. The Morgan fingerprint density at radius 2 is 1.11 bits per heavy atom. The predicted octanol–water partition coefficient (Wildman–Crippen LogP) is 6.81. The van der Waals surface area contributed by atoms with Crippen molar-refractivity contribution in [1.29, 1.82) is 0 Å². The molecule has 4 aromatic rings. The summed E-state index contributed by atoms with van der Waals surface area (Å²) in [5.41, 5.74) is 6.92. The van der Waals surface area contributed by atoms with Gasteiger partial charge in [0.05, 0.1) is 5.41 Å². The fourth-order valence-electron chi connectivity index (χ4n) is 4.83. The van der Waals surface area contributed by atoms with E-state index in [9.17, 15) is 0 Å². The summed E-state index contributed by atoms with van der Waals surface area (Å²) in [6, 6.07) is 31.6. The summed E-state index contributed by atoms with van der Waals surface area (Å²) in [6.45, 7) is 0. The Kier molecular flexibility index (Phi) is 2.93. The third-order valence-corrected chi connectivity index (χ3v) is 6.04. The normalized spacial score (nSPS) is 14.7. The van der Waals surface area contributed by atoms with Gasteiger partial charge in [0, 0.05) is 16.1 Å². The molecule has 0 radical (unpaired) electrons. The van der Waals surface area contributed by atoms with E-state index in [1.54, 1.807) is 0 Å². The zero-order valence-corrected chi connectivity index (χ0v) is 15.2. The lowest BCUT2D eigenvalue weighted by Gasteiger charge is -2.39. The van der Waals surface area contributed by atoms with E-state index in [2.05, 4.69) is 72.8 Å². The van der Waals surface area contributed by atoms with Gasteiger partial charge in [0.25, 0.3) is 0 Å². The van der Waals surface area contributed by atoms with E-state index in [1.165, 1.54) is 22.3 Å². The van der Waals surface area contributed by atoms with Crippen LogP contribution in [0.1, 0.15) is 22.3 Å². The topological polar surface area (TPSA) is 9.23 Å². The number of benzene rings is 4. The lowest BCUT2D eigenvalue weighted by molar-refractivity contribution is 0.436. The van der Waals surface area contributed by atoms with Crippen molar-refractivity contribution < 1.29 is 4.74 Å². The first-order valence-electron chi connectivity index (χ1n) is 9.07. The SMILES string of the molecule is Clc1ccc2c(c1)C1(c3ccccc3Oc3ccccc31)c1ccccc1-2. The van der Waals surface area contributed by atoms with Gasteiger partial charge < -0.3 is 4.74 Å². The van der Waals surface area contributed by atoms with Crippen LogP contribution >= 0.6 is 11.6 Å². The standard InChI is InChI=1S/C25H15ClO/c26-16-13-14-18-17-7-1-2-8-19(17)25(22(18)15-16)20-9-3-5-11-23(20)27-24-12-6-4-10-21(24)25/h1-15H. The Labute approximate surface area is 162 Å². The maximum atomic E-state index is 6.49. The van der Waals surface area contributed by atoms with Gasteiger partial charge in [-0.1, -0.05) is 78.3 Å². The highest BCUT2D eigenvalue weighted by Gasteiger charge is 2.50. The second-order valence-electron chi connectivity index (χ2n) is 7.08. The van der Waals surface area contributed by atoms with Crippen molar-refractivity contribution in [3.8, 4) is 22.6 Å². The van der Waals surface area contributed by atoms with E-state index < -0.39 is 5.41 Å². The van der Waals surface area contributed by atoms with Crippen LogP contribution in [0.4, 0.5) is 0 Å². The third kappa shape index (κ3) is 1.80. The molecule has 6 rings (SSSR count). The smallest absolute Gasteiger partial charge is 0.132 e. The second kappa shape index (κ2) is 5.25. The van der Waals surface area contributed by atoms with Crippen molar-refractivity contribution in [2.75, 3.05) is 0 Å². The summed E-state index contributed by atoms with van der Waals surface area (Å²) in [5.74, 6) is 1.80. The quantitative estimate of drug-likeness (QED) is 0.287. The maximum absolute atomic E-state index is 6.49. The number of halogens is 1. The van der Waals surface area contributed by atoms with Crippen molar-refractivity contribution in [1.82, 2.24) is 0 Å². The zero-order valence-electron chi connectivity index (χ0n) is 14.4. The second-order valence-corrected chi connectivity index (χ2v) is 7.52. The van der Waals surface area contributed by atoms with Crippen LogP contribution in [0.2, 0.25) is 5.02 Å². The highest BCUT2D eigenvalue weighted by atomic mass is 35.5. The average Bonchev–Trinajstić information content (AvgIpc) is 2.99. The molecule has 1 nitrogen and oxygen atoms in total. The van der Waals surface area contributed by atoms with E-state index in [0.29, 0.717) is 0 Å². The Hall–Kier alpha value is -3.03. The van der Waals surface area contributed by atoms with Crippen LogP contribution in [0, 0.1) is 0 Å². The Morgan fingerprint density at radius 3 is 1.81 bits per heavy atom. The summed E-state index contributed by atoms with van der Waals surface area (Å²) in [4.78, 5) is 0. The van der Waals surface area contributed by atoms with Crippen molar-refractivity contribution in [2.24, 2.45) is 0 Å². The first kappa shape index (κ1) is 15.1. The van der Waals surface area contributed by atoms with E-state index >= 15 is 0 Å². The van der Waals surface area contributed by atoms with Gasteiger partial charge in [0.15, 0.2) is 0 Å². The Bertz CT molecular complexity index is 1180. The molecular weight excluding hydrogens is 352 g/mol. The number of hydrogen-bond acceptors (Lipinski definition) is 1. The number of fused-ring (bicyclic) bond motifs is 9. The van der Waals surface area contributed by atoms with Crippen LogP contribution in [0.5, 0.6) is 11.5 Å². The first-order chi connectivity index (χ1) is 13.3. The monoisotopic (exact) mass is 366 g/mol. The van der Waals surface area contributed by atoms with Gasteiger partial charge in [-0.25, -0.2) is 0 Å². The molecule has 1 heterocycles. The van der Waals surface area contributed by atoms with Crippen molar-refractivity contribution in [3.63, 3.8) is 0 Å². The molecule has 0 atom stereocenters. The Morgan fingerprint density at radius 1 is 0.556 bits per heavy atom. The van der Waals surface area contributed by atoms with Crippen LogP contribution in [0.3, 0.4) is 0 Å². The third-order valence-electron chi connectivity index (χ3n) is 5.81. The molecule has 0 N–H and O–H groups in total. The fourth-order valence-corrected chi connectivity index (χ4v) is 5.00. The molecule has 0 saturated carbocycles. The van der Waals surface area contributed by atoms with E-state index in [0.717, 1.165) is 27.6 Å². The van der Waals surface area contributed by atoms with Gasteiger partial charge in [-0.2, -0.15) is 0 Å². The van der Waals surface area contributed by atoms with Crippen molar-refractivity contribution in [2.45, 2.75) is 5.41 Å². The lowest BCUT2D eigenvalue weighted by Crippen LogP contribution is -2.32. The van der Waals surface area contributed by atoms with E-state index in [4.69, 9.17) is 16.3 Å². The molecule has 2 aliphatic rings. The fraction of sp³-hybridized carbons (Fsp3) is 0.0400. The molecule has 0 amide bonds. The highest BCUT2D eigenvalue weighted by molar-refractivity contribution is 6.30. The number of para-hydroxylation sites is 2. The van der Waals surface area contributed by atoms with Gasteiger partial charge in [0.2, 0.25) is 0 Å². The average molecular weight is 367 g/mol. The van der Waals surface area contributed by atoms with Gasteiger partial charge in [-0.3, -0.25) is 0 Å². The molecule has 0 aromatic heterocycles. The minimum absolute atomic E-state index is 0.414. The summed E-state index contributed by atoms with van der Waals surface area (Å²) in [7, 11) is 0. The van der Waals surface area contributed by atoms with Crippen LogP contribution < -0.4 is 4.74 Å². The number of ether oxygens (including phenoxy) is 1. The minimum atomic E-state index is -0.414. The summed E-state index contributed by atoms with van der Waals surface area (Å²) in [5, 5.41) is 0.752. The molecule has 0 saturated heterocycles. The molecule has 2 heteroatoms. The van der Waals surface area contributed by atoms with Crippen LogP contribution in [-0.2, 0) is 5.41 Å². The maximum Gasteiger partial charge on any atom is 0.132 e. The van der Waals surface area contributed by atoms with Gasteiger partial charge in [-0.15, -0.1) is 0 Å². The largest absolute Gasteiger partial charge is 0.457 e. The number of hydrogen-bond donors (Lipinski definition) is 0. The van der Waals surface area contributed by atoms with Crippen molar-refractivity contribution in [3.05, 3.63) is 118 Å². The molecule has 0 fully saturated rings. The van der Waals surface area contributed by atoms with Crippen LogP contribution in [0.15, 0.2) is 91.0 Å². The highest BCUT2D eigenvalue weighted by Crippen LogP contribution is 2.62. The van der Waals surface area contributed by atoms with E-state index in [1.807, 2.05) is 18.2 Å². The molecule has 128 valence electrons. The molecule has 0 unspecified atom stereocenters. The molecule has 1 aliphatic carbocycles. The van der Waals surface area contributed by atoms with Crippen LogP contribution in [-0.4, -0.2) is 0 Å². The Balaban J connectivity index is 1.87. The predicted molar refractivity (Wildman–Crippen MR) is 109 cm³/mol. The van der Waals surface area contributed by atoms with Gasteiger partial charge in [0.1, 0.15) is 11.5 Å². The lowest BCUT2D eigenvalue weighted by atomic mass is 9.66. The summed E-state index contributed by atoms with van der Waals surface area (Å²) < 4.78 is 6.29. The van der Waals surface area contributed by atoms with Gasteiger partial charge >= 0.3 is 0 Å². The van der Waals surface area contributed by atoms with Crippen LogP contribution in [0.25, 0.3) is 11.1 Å². The number of rotatable bonds is 0. The molecule has 4 aromatic carbocycles. The molecule has 1 spiro atoms. The molecule has 0 bridgehead atoms. The van der Waals surface area contributed by atoms with Gasteiger partial charge in [-0.05, 0) is 46.5 Å².